The van der Waals surface area contributed by atoms with Crippen LogP contribution in [0.15, 0.2) is 24.3 Å². The lowest BCUT2D eigenvalue weighted by Gasteiger charge is -2.32. The van der Waals surface area contributed by atoms with E-state index in [0.29, 0.717) is 12.5 Å². The molecule has 6 nitrogen and oxygen atoms in total. The molecule has 0 spiro atoms. The molecule has 26 heavy (non-hydrogen) atoms. The number of halogens is 1. The molecule has 1 saturated heterocycles. The highest BCUT2D eigenvalue weighted by atomic mass is 35.5. The van der Waals surface area contributed by atoms with Crippen LogP contribution in [0.5, 0.6) is 0 Å². The van der Waals surface area contributed by atoms with Gasteiger partial charge in [0.15, 0.2) is 6.61 Å². The second kappa shape index (κ2) is 11.0. The topological polar surface area (TPSA) is 70.7 Å². The number of hydrogen-bond donors (Lipinski definition) is 2. The molecule has 1 aliphatic rings. The zero-order valence-electron chi connectivity index (χ0n) is 15.3. The van der Waals surface area contributed by atoms with Crippen LogP contribution >= 0.6 is 11.6 Å². The molecule has 2 rings (SSSR count). The van der Waals surface area contributed by atoms with Gasteiger partial charge in [0.2, 0.25) is 0 Å². The molecule has 144 valence electrons. The number of likely N-dealkylation sites (N-methyl/N-ethyl adjacent to an activating group) is 1. The first-order valence-corrected chi connectivity index (χ1v) is 9.53. The lowest BCUT2D eigenvalue weighted by molar-refractivity contribution is -0.123. The van der Waals surface area contributed by atoms with Crippen LogP contribution in [0, 0.1) is 5.92 Å². The number of nitrogens with zero attached hydrogens (tertiary/aromatic N) is 1. The number of nitrogens with one attached hydrogen (secondary N) is 2. The van der Waals surface area contributed by atoms with Crippen LogP contribution in [-0.2, 0) is 16.0 Å². The van der Waals surface area contributed by atoms with Gasteiger partial charge in [-0.3, -0.25) is 4.79 Å². The smallest absolute Gasteiger partial charge is 0.407 e. The first-order chi connectivity index (χ1) is 12.6. The van der Waals surface area contributed by atoms with Crippen molar-refractivity contribution in [2.45, 2.75) is 25.7 Å². The van der Waals surface area contributed by atoms with Crippen molar-refractivity contribution in [3.8, 4) is 0 Å². The third kappa shape index (κ3) is 7.22. The fraction of sp³-hybridized carbons (Fsp3) is 0.579. The standard InChI is InChI=1S/C19H28ClN3O3/c1-21-18(24)14-26-19(25)22-10-6-15-7-11-23(12-8-15)13-9-16-4-2-3-5-17(16)20/h2-5,15H,6-14H2,1H3,(H,21,24)(H,22,25). The summed E-state index contributed by atoms with van der Waals surface area (Å²) in [5.41, 5.74) is 1.20. The van der Waals surface area contributed by atoms with Crippen molar-refractivity contribution in [2.75, 3.05) is 39.8 Å². The minimum absolute atomic E-state index is 0.244. The molecule has 0 unspecified atom stereocenters. The van der Waals surface area contributed by atoms with Crippen molar-refractivity contribution in [1.29, 1.82) is 0 Å². The Kier molecular flexibility index (Phi) is 8.71. The number of piperidine rings is 1. The van der Waals surface area contributed by atoms with Crippen LogP contribution < -0.4 is 10.6 Å². The van der Waals surface area contributed by atoms with Crippen LogP contribution in [-0.4, -0.2) is 56.7 Å². The molecule has 1 aromatic carbocycles. The van der Waals surface area contributed by atoms with Crippen LogP contribution in [0.3, 0.4) is 0 Å². The maximum Gasteiger partial charge on any atom is 0.407 e. The number of carbonyl (C=O) groups excluding carboxylic acids is 2. The van der Waals surface area contributed by atoms with E-state index < -0.39 is 6.09 Å². The van der Waals surface area contributed by atoms with Gasteiger partial charge in [0.25, 0.3) is 5.91 Å². The van der Waals surface area contributed by atoms with E-state index in [-0.39, 0.29) is 12.5 Å². The summed E-state index contributed by atoms with van der Waals surface area (Å²) in [4.78, 5) is 25.0. The Morgan fingerprint density at radius 1 is 1.27 bits per heavy atom. The fourth-order valence-corrected chi connectivity index (χ4v) is 3.34. The van der Waals surface area contributed by atoms with E-state index in [1.165, 1.54) is 12.6 Å². The van der Waals surface area contributed by atoms with Crippen molar-refractivity contribution >= 4 is 23.6 Å². The highest BCUT2D eigenvalue weighted by molar-refractivity contribution is 6.31. The molecule has 2 amide bonds. The number of alkyl carbamates (subject to hydrolysis) is 1. The third-order valence-electron chi connectivity index (χ3n) is 4.80. The Hall–Kier alpha value is -1.79. The number of rotatable bonds is 8. The maximum absolute atomic E-state index is 11.5. The van der Waals surface area contributed by atoms with E-state index in [0.717, 1.165) is 50.3 Å². The summed E-state index contributed by atoms with van der Waals surface area (Å²) in [6.45, 7) is 3.52. The van der Waals surface area contributed by atoms with Crippen LogP contribution in [0.4, 0.5) is 4.79 Å². The van der Waals surface area contributed by atoms with Gasteiger partial charge < -0.3 is 20.3 Å². The van der Waals surface area contributed by atoms with Gasteiger partial charge in [0.1, 0.15) is 0 Å². The van der Waals surface area contributed by atoms with E-state index >= 15 is 0 Å². The molecule has 0 atom stereocenters. The molecule has 1 aliphatic heterocycles. The van der Waals surface area contributed by atoms with Gasteiger partial charge in [0, 0.05) is 25.2 Å². The average Bonchev–Trinajstić information content (AvgIpc) is 2.66. The summed E-state index contributed by atoms with van der Waals surface area (Å²) in [6, 6.07) is 8.01. The van der Waals surface area contributed by atoms with E-state index in [2.05, 4.69) is 21.6 Å². The van der Waals surface area contributed by atoms with Crippen molar-refractivity contribution in [1.82, 2.24) is 15.5 Å². The Morgan fingerprint density at radius 2 is 2.00 bits per heavy atom. The number of amides is 2. The van der Waals surface area contributed by atoms with Gasteiger partial charge in [-0.2, -0.15) is 0 Å². The molecular weight excluding hydrogens is 354 g/mol. The largest absolute Gasteiger partial charge is 0.439 e. The molecular formula is C19H28ClN3O3. The quantitative estimate of drug-likeness (QED) is 0.725. The predicted molar refractivity (Wildman–Crippen MR) is 102 cm³/mol. The predicted octanol–water partition coefficient (Wildman–Crippen LogP) is 2.46. The van der Waals surface area contributed by atoms with Crippen molar-refractivity contribution in [3.05, 3.63) is 34.9 Å². The van der Waals surface area contributed by atoms with Gasteiger partial charge in [0.05, 0.1) is 0 Å². The second-order valence-corrected chi connectivity index (χ2v) is 7.00. The molecule has 0 aliphatic carbocycles. The first-order valence-electron chi connectivity index (χ1n) is 9.15. The lowest BCUT2D eigenvalue weighted by atomic mass is 9.93. The van der Waals surface area contributed by atoms with Gasteiger partial charge in [-0.1, -0.05) is 29.8 Å². The zero-order chi connectivity index (χ0) is 18.8. The van der Waals surface area contributed by atoms with Crippen molar-refractivity contribution < 1.29 is 14.3 Å². The zero-order valence-corrected chi connectivity index (χ0v) is 16.1. The van der Waals surface area contributed by atoms with E-state index in [4.69, 9.17) is 16.3 Å². The third-order valence-corrected chi connectivity index (χ3v) is 5.17. The minimum atomic E-state index is -0.536. The highest BCUT2D eigenvalue weighted by Gasteiger charge is 2.19. The van der Waals surface area contributed by atoms with E-state index in [1.54, 1.807) is 0 Å². The number of ether oxygens (including phenoxy) is 1. The van der Waals surface area contributed by atoms with Gasteiger partial charge in [-0.05, 0) is 56.3 Å². The Bertz CT molecular complexity index is 589. The van der Waals surface area contributed by atoms with Crippen LogP contribution in [0.1, 0.15) is 24.8 Å². The summed E-state index contributed by atoms with van der Waals surface area (Å²) in [6.07, 6.45) is 3.65. The SMILES string of the molecule is CNC(=O)COC(=O)NCCC1CCN(CCc2ccccc2Cl)CC1. The second-order valence-electron chi connectivity index (χ2n) is 6.59. The summed E-state index contributed by atoms with van der Waals surface area (Å²) < 4.78 is 4.80. The van der Waals surface area contributed by atoms with Gasteiger partial charge in [-0.15, -0.1) is 0 Å². The van der Waals surface area contributed by atoms with E-state index in [9.17, 15) is 9.59 Å². The average molecular weight is 382 g/mol. The Balaban J connectivity index is 1.56. The molecule has 0 radical (unpaired) electrons. The first kappa shape index (κ1) is 20.5. The van der Waals surface area contributed by atoms with Crippen molar-refractivity contribution in [3.63, 3.8) is 0 Å². The monoisotopic (exact) mass is 381 g/mol. The molecule has 0 saturated carbocycles. The Labute approximate surface area is 160 Å². The molecule has 1 heterocycles. The van der Waals surface area contributed by atoms with Crippen LogP contribution in [0.25, 0.3) is 0 Å². The molecule has 0 aromatic heterocycles. The number of hydrogen-bond acceptors (Lipinski definition) is 4. The molecule has 2 N–H and O–H groups in total. The maximum atomic E-state index is 11.5. The molecule has 1 fully saturated rings. The number of likely N-dealkylation sites (tertiary alicyclic amines) is 1. The van der Waals surface area contributed by atoms with Crippen molar-refractivity contribution in [2.24, 2.45) is 5.92 Å². The summed E-state index contributed by atoms with van der Waals surface area (Å²) in [5, 5.41) is 5.95. The summed E-state index contributed by atoms with van der Waals surface area (Å²) >= 11 is 6.21. The van der Waals surface area contributed by atoms with Gasteiger partial charge >= 0.3 is 6.09 Å². The fourth-order valence-electron chi connectivity index (χ4n) is 3.11. The lowest BCUT2D eigenvalue weighted by Crippen LogP contribution is -2.36. The molecule has 0 bridgehead atoms. The number of carbonyl (C=O) groups is 2. The summed E-state index contributed by atoms with van der Waals surface area (Å²) in [7, 11) is 1.50. The van der Waals surface area contributed by atoms with Crippen LogP contribution in [0.2, 0.25) is 5.02 Å². The Morgan fingerprint density at radius 3 is 2.69 bits per heavy atom. The molecule has 1 aromatic rings. The minimum Gasteiger partial charge on any atom is -0.439 e. The summed E-state index contributed by atoms with van der Waals surface area (Å²) in [5.74, 6) is 0.301. The van der Waals surface area contributed by atoms with E-state index in [1.807, 2.05) is 18.2 Å². The van der Waals surface area contributed by atoms with Gasteiger partial charge in [-0.25, -0.2) is 4.79 Å². The highest BCUT2D eigenvalue weighted by Crippen LogP contribution is 2.21. The number of benzene rings is 1. The normalized spacial score (nSPS) is 15.5. The molecule has 7 heteroatoms.